The summed E-state index contributed by atoms with van der Waals surface area (Å²) < 4.78 is 6.45. The Labute approximate surface area is 125 Å². The van der Waals surface area contributed by atoms with Gasteiger partial charge in [0.1, 0.15) is 12.4 Å². The van der Waals surface area contributed by atoms with Crippen LogP contribution in [0.25, 0.3) is 0 Å². The summed E-state index contributed by atoms with van der Waals surface area (Å²) in [5, 5.41) is 0.680. The van der Waals surface area contributed by atoms with Gasteiger partial charge in [0.2, 0.25) is 0 Å². The standard InChI is InChI=1S/C15H12BrClO2/c1-10(18)11-6-7-15(13(16)8-11)19-9-12-4-2-3-5-14(12)17/h2-8H,9H2,1H3. The summed E-state index contributed by atoms with van der Waals surface area (Å²) >= 11 is 9.46. The van der Waals surface area contributed by atoms with Crippen molar-refractivity contribution in [2.75, 3.05) is 0 Å². The van der Waals surface area contributed by atoms with Crippen molar-refractivity contribution in [2.45, 2.75) is 13.5 Å². The van der Waals surface area contributed by atoms with Crippen LogP contribution in [-0.2, 0) is 6.61 Å². The first-order chi connectivity index (χ1) is 9.08. The molecular weight excluding hydrogens is 328 g/mol. The predicted molar refractivity (Wildman–Crippen MR) is 79.9 cm³/mol. The van der Waals surface area contributed by atoms with E-state index in [9.17, 15) is 4.79 Å². The molecule has 2 aromatic carbocycles. The number of benzene rings is 2. The fourth-order valence-electron chi connectivity index (χ4n) is 1.61. The van der Waals surface area contributed by atoms with Crippen LogP contribution < -0.4 is 4.74 Å². The lowest BCUT2D eigenvalue weighted by Gasteiger charge is -2.10. The van der Waals surface area contributed by atoms with Crippen LogP contribution in [0.5, 0.6) is 5.75 Å². The van der Waals surface area contributed by atoms with Crippen LogP contribution in [0.4, 0.5) is 0 Å². The summed E-state index contributed by atoms with van der Waals surface area (Å²) in [5.41, 5.74) is 1.57. The second kappa shape index (κ2) is 6.22. The molecule has 4 heteroatoms. The van der Waals surface area contributed by atoms with Gasteiger partial charge in [-0.2, -0.15) is 0 Å². The average Bonchev–Trinajstić information content (AvgIpc) is 2.39. The fraction of sp³-hybridized carbons (Fsp3) is 0.133. The van der Waals surface area contributed by atoms with Gasteiger partial charge in [0, 0.05) is 16.1 Å². The van der Waals surface area contributed by atoms with Crippen molar-refractivity contribution in [3.05, 3.63) is 63.1 Å². The van der Waals surface area contributed by atoms with E-state index in [0.29, 0.717) is 22.9 Å². The van der Waals surface area contributed by atoms with Crippen molar-refractivity contribution >= 4 is 33.3 Å². The van der Waals surface area contributed by atoms with E-state index in [2.05, 4.69) is 15.9 Å². The number of ether oxygens (including phenoxy) is 1. The van der Waals surface area contributed by atoms with E-state index in [0.717, 1.165) is 10.0 Å². The van der Waals surface area contributed by atoms with Gasteiger partial charge < -0.3 is 4.74 Å². The molecule has 0 fully saturated rings. The highest BCUT2D eigenvalue weighted by Gasteiger charge is 2.07. The van der Waals surface area contributed by atoms with Crippen LogP contribution >= 0.6 is 27.5 Å². The number of halogens is 2. The normalized spacial score (nSPS) is 10.3. The topological polar surface area (TPSA) is 26.3 Å². The number of hydrogen-bond acceptors (Lipinski definition) is 2. The zero-order valence-electron chi connectivity index (χ0n) is 10.3. The maximum atomic E-state index is 11.3. The Morgan fingerprint density at radius 2 is 2.00 bits per heavy atom. The minimum Gasteiger partial charge on any atom is -0.488 e. The predicted octanol–water partition coefficient (Wildman–Crippen LogP) is 4.88. The molecule has 0 aliphatic rings. The summed E-state index contributed by atoms with van der Waals surface area (Å²) in [6.45, 7) is 1.92. The van der Waals surface area contributed by atoms with E-state index in [4.69, 9.17) is 16.3 Å². The van der Waals surface area contributed by atoms with Crippen molar-refractivity contribution in [3.8, 4) is 5.75 Å². The first-order valence-electron chi connectivity index (χ1n) is 5.74. The molecule has 0 aromatic heterocycles. The molecule has 0 unspecified atom stereocenters. The highest BCUT2D eigenvalue weighted by Crippen LogP contribution is 2.27. The Morgan fingerprint density at radius 1 is 1.26 bits per heavy atom. The summed E-state index contributed by atoms with van der Waals surface area (Å²) in [6.07, 6.45) is 0. The van der Waals surface area contributed by atoms with Crippen molar-refractivity contribution < 1.29 is 9.53 Å². The Morgan fingerprint density at radius 3 is 2.63 bits per heavy atom. The first-order valence-corrected chi connectivity index (χ1v) is 6.91. The van der Waals surface area contributed by atoms with Gasteiger partial charge in [-0.1, -0.05) is 29.8 Å². The van der Waals surface area contributed by atoms with Crippen LogP contribution in [-0.4, -0.2) is 5.78 Å². The van der Waals surface area contributed by atoms with Crippen LogP contribution in [0, 0.1) is 0 Å². The van der Waals surface area contributed by atoms with Crippen LogP contribution in [0.1, 0.15) is 22.8 Å². The molecule has 0 spiro atoms. The second-order valence-electron chi connectivity index (χ2n) is 4.08. The number of hydrogen-bond donors (Lipinski definition) is 0. The van der Waals surface area contributed by atoms with E-state index in [1.54, 1.807) is 18.2 Å². The van der Waals surface area contributed by atoms with Crippen molar-refractivity contribution in [1.29, 1.82) is 0 Å². The molecule has 98 valence electrons. The van der Waals surface area contributed by atoms with Crippen molar-refractivity contribution in [1.82, 2.24) is 0 Å². The van der Waals surface area contributed by atoms with E-state index in [1.165, 1.54) is 6.92 Å². The lowest BCUT2D eigenvalue weighted by Crippen LogP contribution is -1.98. The molecule has 0 heterocycles. The van der Waals surface area contributed by atoms with Gasteiger partial charge in [-0.15, -0.1) is 0 Å². The third-order valence-corrected chi connectivity index (χ3v) is 3.67. The minimum atomic E-state index is 0.0263. The smallest absolute Gasteiger partial charge is 0.159 e. The maximum Gasteiger partial charge on any atom is 0.159 e. The summed E-state index contributed by atoms with van der Waals surface area (Å²) in [7, 11) is 0. The Kier molecular flexibility index (Phi) is 4.61. The van der Waals surface area contributed by atoms with Gasteiger partial charge in [0.05, 0.1) is 4.47 Å². The quantitative estimate of drug-likeness (QED) is 0.742. The SMILES string of the molecule is CC(=O)c1ccc(OCc2ccccc2Cl)c(Br)c1. The van der Waals surface area contributed by atoms with Gasteiger partial charge in [0.15, 0.2) is 5.78 Å². The minimum absolute atomic E-state index is 0.0263. The maximum absolute atomic E-state index is 11.3. The third-order valence-electron chi connectivity index (χ3n) is 2.68. The number of rotatable bonds is 4. The zero-order chi connectivity index (χ0) is 13.8. The molecule has 0 saturated carbocycles. The molecule has 0 saturated heterocycles. The van der Waals surface area contributed by atoms with E-state index in [1.807, 2.05) is 24.3 Å². The molecule has 0 radical (unpaired) electrons. The van der Waals surface area contributed by atoms with Crippen molar-refractivity contribution in [3.63, 3.8) is 0 Å². The van der Waals surface area contributed by atoms with Crippen LogP contribution in [0.3, 0.4) is 0 Å². The number of Topliss-reactive ketones (excluding diaryl/α,β-unsaturated/α-hetero) is 1. The van der Waals surface area contributed by atoms with Gasteiger partial charge in [-0.3, -0.25) is 4.79 Å². The fourth-order valence-corrected chi connectivity index (χ4v) is 2.29. The van der Waals surface area contributed by atoms with Crippen LogP contribution in [0.15, 0.2) is 46.9 Å². The number of ketones is 1. The van der Waals surface area contributed by atoms with Crippen LogP contribution in [0.2, 0.25) is 5.02 Å². The van der Waals surface area contributed by atoms with Gasteiger partial charge >= 0.3 is 0 Å². The highest BCUT2D eigenvalue weighted by atomic mass is 79.9. The lowest BCUT2D eigenvalue weighted by molar-refractivity contribution is 0.101. The monoisotopic (exact) mass is 338 g/mol. The Balaban J connectivity index is 2.12. The molecule has 0 N–H and O–H groups in total. The summed E-state index contributed by atoms with van der Waals surface area (Å²) in [4.78, 5) is 11.3. The average molecular weight is 340 g/mol. The molecule has 0 aliphatic heterocycles. The molecule has 19 heavy (non-hydrogen) atoms. The highest BCUT2D eigenvalue weighted by molar-refractivity contribution is 9.10. The number of carbonyl (C=O) groups is 1. The largest absolute Gasteiger partial charge is 0.488 e. The molecule has 0 amide bonds. The molecule has 2 nitrogen and oxygen atoms in total. The molecule has 2 aromatic rings. The molecule has 0 bridgehead atoms. The third kappa shape index (κ3) is 3.58. The first kappa shape index (κ1) is 14.1. The van der Waals surface area contributed by atoms with E-state index >= 15 is 0 Å². The van der Waals surface area contributed by atoms with Gasteiger partial charge in [0.25, 0.3) is 0 Å². The zero-order valence-corrected chi connectivity index (χ0v) is 12.7. The summed E-state index contributed by atoms with van der Waals surface area (Å²) in [5.74, 6) is 0.711. The number of carbonyl (C=O) groups excluding carboxylic acids is 1. The molecule has 0 atom stereocenters. The van der Waals surface area contributed by atoms with Crippen molar-refractivity contribution in [2.24, 2.45) is 0 Å². The molecule has 0 aliphatic carbocycles. The van der Waals surface area contributed by atoms with E-state index in [-0.39, 0.29) is 5.78 Å². The lowest BCUT2D eigenvalue weighted by atomic mass is 10.1. The van der Waals surface area contributed by atoms with E-state index < -0.39 is 0 Å². The van der Waals surface area contributed by atoms with Gasteiger partial charge in [-0.25, -0.2) is 0 Å². The molecule has 2 rings (SSSR count). The molecular formula is C15H12BrClO2. The summed E-state index contributed by atoms with van der Waals surface area (Å²) in [6, 6.07) is 12.8. The Bertz CT molecular complexity index is 611. The second-order valence-corrected chi connectivity index (χ2v) is 5.34. The Hall–Kier alpha value is -1.32. The van der Waals surface area contributed by atoms with Gasteiger partial charge in [-0.05, 0) is 47.1 Å².